The van der Waals surface area contributed by atoms with E-state index >= 15 is 0 Å². The van der Waals surface area contributed by atoms with Crippen LogP contribution in [0.4, 0.5) is 5.69 Å². The molecule has 3 heterocycles. The maximum Gasteiger partial charge on any atom is 0.270 e. The summed E-state index contributed by atoms with van der Waals surface area (Å²) in [7, 11) is 0. The third-order valence-corrected chi connectivity index (χ3v) is 4.90. The molecule has 1 fully saturated rings. The Hall–Kier alpha value is -2.34. The van der Waals surface area contributed by atoms with E-state index in [0.717, 1.165) is 47.2 Å². The van der Waals surface area contributed by atoms with Gasteiger partial charge in [-0.15, -0.1) is 0 Å². The molecule has 1 aliphatic heterocycles. The summed E-state index contributed by atoms with van der Waals surface area (Å²) in [6.07, 6.45) is 3.60. The molecule has 0 atom stereocenters. The zero-order chi connectivity index (χ0) is 16.5. The molecule has 1 amide bonds. The molecular formula is C18H17BrN4O. The third-order valence-electron chi connectivity index (χ3n) is 4.41. The smallest absolute Gasteiger partial charge is 0.270 e. The summed E-state index contributed by atoms with van der Waals surface area (Å²) < 4.78 is 1.01. The maximum atomic E-state index is 12.8. The van der Waals surface area contributed by atoms with E-state index in [2.05, 4.69) is 30.8 Å². The third kappa shape index (κ3) is 2.89. The first kappa shape index (κ1) is 15.2. The number of anilines is 1. The molecule has 0 radical (unpaired) electrons. The molecule has 0 saturated carbocycles. The molecule has 24 heavy (non-hydrogen) atoms. The standard InChI is InChI=1S/C18H17BrN4O/c19-14-1-2-16-13(11-14)12-17(21-16)18(24)23-9-7-22(8-10-23)15-3-5-20-6-4-15/h1-6,11-12,21H,7-10H2. The number of nitrogens with zero attached hydrogens (tertiary/aromatic N) is 3. The number of carbonyl (C=O) groups excluding carboxylic acids is 1. The molecule has 0 unspecified atom stereocenters. The second-order valence-corrected chi connectivity index (χ2v) is 6.81. The first-order valence-corrected chi connectivity index (χ1v) is 8.72. The van der Waals surface area contributed by atoms with E-state index in [1.807, 2.05) is 41.3 Å². The molecule has 0 aliphatic carbocycles. The zero-order valence-electron chi connectivity index (χ0n) is 13.1. The molecule has 0 bridgehead atoms. The quantitative estimate of drug-likeness (QED) is 0.737. The zero-order valence-corrected chi connectivity index (χ0v) is 14.7. The van der Waals surface area contributed by atoms with Crippen LogP contribution in [-0.4, -0.2) is 47.0 Å². The highest BCUT2D eigenvalue weighted by molar-refractivity contribution is 9.10. The van der Waals surface area contributed by atoms with Gasteiger partial charge in [0, 0.05) is 59.6 Å². The summed E-state index contributed by atoms with van der Waals surface area (Å²) in [5, 5.41) is 1.04. The molecule has 1 aromatic carbocycles. The van der Waals surface area contributed by atoms with Crippen LogP contribution in [0.1, 0.15) is 10.5 Å². The number of aromatic nitrogens is 2. The Morgan fingerprint density at radius 1 is 1.04 bits per heavy atom. The largest absolute Gasteiger partial charge is 0.368 e. The molecule has 1 N–H and O–H groups in total. The highest BCUT2D eigenvalue weighted by Crippen LogP contribution is 2.22. The highest BCUT2D eigenvalue weighted by Gasteiger charge is 2.23. The molecular weight excluding hydrogens is 368 g/mol. The molecule has 0 spiro atoms. The topological polar surface area (TPSA) is 52.2 Å². The van der Waals surface area contributed by atoms with E-state index in [-0.39, 0.29) is 5.91 Å². The van der Waals surface area contributed by atoms with Gasteiger partial charge in [0.05, 0.1) is 0 Å². The van der Waals surface area contributed by atoms with Crippen LogP contribution >= 0.6 is 15.9 Å². The van der Waals surface area contributed by atoms with Crippen LogP contribution in [0.2, 0.25) is 0 Å². The van der Waals surface area contributed by atoms with Crippen molar-refractivity contribution >= 4 is 38.4 Å². The fourth-order valence-electron chi connectivity index (χ4n) is 3.11. The van der Waals surface area contributed by atoms with E-state index in [9.17, 15) is 4.79 Å². The van der Waals surface area contributed by atoms with Crippen LogP contribution < -0.4 is 4.90 Å². The predicted octanol–water partition coefficient (Wildman–Crippen LogP) is 3.29. The van der Waals surface area contributed by atoms with Gasteiger partial charge < -0.3 is 14.8 Å². The predicted molar refractivity (Wildman–Crippen MR) is 98.4 cm³/mol. The lowest BCUT2D eigenvalue weighted by Crippen LogP contribution is -2.48. The molecule has 2 aromatic heterocycles. The van der Waals surface area contributed by atoms with Crippen molar-refractivity contribution in [3.63, 3.8) is 0 Å². The fraction of sp³-hybridized carbons (Fsp3) is 0.222. The molecule has 1 aliphatic rings. The minimum Gasteiger partial charge on any atom is -0.368 e. The number of piperazine rings is 1. The number of halogens is 1. The number of pyridine rings is 1. The molecule has 4 rings (SSSR count). The summed E-state index contributed by atoms with van der Waals surface area (Å²) >= 11 is 3.46. The molecule has 3 aromatic rings. The van der Waals surface area contributed by atoms with Crippen LogP contribution in [-0.2, 0) is 0 Å². The summed E-state index contributed by atoms with van der Waals surface area (Å²) in [5.74, 6) is 0.0664. The van der Waals surface area contributed by atoms with Crippen molar-refractivity contribution < 1.29 is 4.79 Å². The van der Waals surface area contributed by atoms with Gasteiger partial charge in [0.25, 0.3) is 5.91 Å². The maximum absolute atomic E-state index is 12.8. The Labute approximate surface area is 148 Å². The number of benzene rings is 1. The van der Waals surface area contributed by atoms with Crippen molar-refractivity contribution in [2.45, 2.75) is 0 Å². The average molecular weight is 385 g/mol. The van der Waals surface area contributed by atoms with Gasteiger partial charge in [0.2, 0.25) is 0 Å². The van der Waals surface area contributed by atoms with E-state index in [0.29, 0.717) is 5.69 Å². The second kappa shape index (κ2) is 6.28. The minimum atomic E-state index is 0.0664. The Bertz CT molecular complexity index is 869. The summed E-state index contributed by atoms with van der Waals surface area (Å²) in [4.78, 5) is 24.2. The van der Waals surface area contributed by atoms with Gasteiger partial charge in [-0.1, -0.05) is 15.9 Å². The number of carbonyl (C=O) groups is 1. The van der Waals surface area contributed by atoms with Crippen LogP contribution in [0.3, 0.4) is 0 Å². The lowest BCUT2D eigenvalue weighted by molar-refractivity contribution is 0.0742. The van der Waals surface area contributed by atoms with Crippen molar-refractivity contribution in [1.29, 1.82) is 0 Å². The minimum absolute atomic E-state index is 0.0664. The number of amides is 1. The van der Waals surface area contributed by atoms with Crippen molar-refractivity contribution in [3.05, 3.63) is 59.0 Å². The number of fused-ring (bicyclic) bond motifs is 1. The summed E-state index contributed by atoms with van der Waals surface area (Å²) in [6.45, 7) is 3.11. The molecule has 5 nitrogen and oxygen atoms in total. The number of hydrogen-bond donors (Lipinski definition) is 1. The number of rotatable bonds is 2. The number of H-pyrrole nitrogens is 1. The molecule has 122 valence electrons. The Kier molecular flexibility index (Phi) is 3.98. The van der Waals surface area contributed by atoms with Crippen LogP contribution in [0.5, 0.6) is 0 Å². The van der Waals surface area contributed by atoms with Gasteiger partial charge in [0.15, 0.2) is 0 Å². The van der Waals surface area contributed by atoms with Crippen molar-refractivity contribution in [2.75, 3.05) is 31.1 Å². The Morgan fingerprint density at radius 3 is 2.54 bits per heavy atom. The van der Waals surface area contributed by atoms with Gasteiger partial charge >= 0.3 is 0 Å². The normalized spacial score (nSPS) is 15.0. The first-order valence-electron chi connectivity index (χ1n) is 7.93. The highest BCUT2D eigenvalue weighted by atomic mass is 79.9. The van der Waals surface area contributed by atoms with Crippen molar-refractivity contribution in [2.24, 2.45) is 0 Å². The van der Waals surface area contributed by atoms with Gasteiger partial charge in [-0.05, 0) is 36.4 Å². The van der Waals surface area contributed by atoms with Gasteiger partial charge in [-0.25, -0.2) is 0 Å². The summed E-state index contributed by atoms with van der Waals surface area (Å²) in [6, 6.07) is 11.9. The van der Waals surface area contributed by atoms with Gasteiger partial charge in [-0.3, -0.25) is 9.78 Å². The van der Waals surface area contributed by atoms with Crippen LogP contribution in [0, 0.1) is 0 Å². The monoisotopic (exact) mass is 384 g/mol. The summed E-state index contributed by atoms with van der Waals surface area (Å²) in [5.41, 5.74) is 2.80. The average Bonchev–Trinajstić information content (AvgIpc) is 3.05. The molecule has 1 saturated heterocycles. The van der Waals surface area contributed by atoms with E-state index in [1.54, 1.807) is 12.4 Å². The van der Waals surface area contributed by atoms with E-state index in [1.165, 1.54) is 0 Å². The lowest BCUT2D eigenvalue weighted by Gasteiger charge is -2.35. The SMILES string of the molecule is O=C(c1cc2cc(Br)ccc2[nH]1)N1CCN(c2ccncc2)CC1. The molecule has 6 heteroatoms. The van der Waals surface area contributed by atoms with Gasteiger partial charge in [0.1, 0.15) is 5.69 Å². The van der Waals surface area contributed by atoms with Crippen LogP contribution in [0.15, 0.2) is 53.3 Å². The first-order chi connectivity index (χ1) is 11.7. The Balaban J connectivity index is 1.47. The fourth-order valence-corrected chi connectivity index (χ4v) is 3.49. The van der Waals surface area contributed by atoms with Crippen molar-refractivity contribution in [1.82, 2.24) is 14.9 Å². The van der Waals surface area contributed by atoms with E-state index < -0.39 is 0 Å². The Morgan fingerprint density at radius 2 is 1.79 bits per heavy atom. The van der Waals surface area contributed by atoms with Crippen molar-refractivity contribution in [3.8, 4) is 0 Å². The number of nitrogens with one attached hydrogen (secondary N) is 1. The van der Waals surface area contributed by atoms with E-state index in [4.69, 9.17) is 0 Å². The number of aromatic amines is 1. The second-order valence-electron chi connectivity index (χ2n) is 5.90. The van der Waals surface area contributed by atoms with Gasteiger partial charge in [-0.2, -0.15) is 0 Å². The van der Waals surface area contributed by atoms with Crippen LogP contribution in [0.25, 0.3) is 10.9 Å². The number of hydrogen-bond acceptors (Lipinski definition) is 3. The lowest BCUT2D eigenvalue weighted by atomic mass is 10.2.